The number of carbonyl (C=O) groups is 3. The molecule has 1 aromatic rings. The quantitative estimate of drug-likeness (QED) is 0.748. The lowest BCUT2D eigenvalue weighted by Gasteiger charge is -2.05. The van der Waals surface area contributed by atoms with Gasteiger partial charge in [-0.05, 0) is 24.1 Å². The highest BCUT2D eigenvalue weighted by Gasteiger charge is 2.30. The standard InChI is InChI=1S/C12H11NO4/c14-10-6-9(11(15)13-10)5-7-1-3-8(4-2-7)12(16)17/h1-4,9H,5-6H2,(H,16,17)(H,13,14,15). The normalized spacial score (nSPS) is 19.2. The minimum Gasteiger partial charge on any atom is -0.478 e. The summed E-state index contributed by atoms with van der Waals surface area (Å²) in [7, 11) is 0. The molecule has 17 heavy (non-hydrogen) atoms. The Hall–Kier alpha value is -2.17. The minimum absolute atomic E-state index is 0.208. The predicted molar refractivity (Wildman–Crippen MR) is 58.4 cm³/mol. The molecule has 1 saturated heterocycles. The van der Waals surface area contributed by atoms with Crippen LogP contribution in [0.2, 0.25) is 0 Å². The molecule has 88 valence electrons. The number of carbonyl (C=O) groups excluding carboxylic acids is 2. The zero-order valence-corrected chi connectivity index (χ0v) is 8.97. The van der Waals surface area contributed by atoms with Crippen LogP contribution >= 0.6 is 0 Å². The van der Waals surface area contributed by atoms with Crippen LogP contribution in [0.5, 0.6) is 0 Å². The number of benzene rings is 1. The Labute approximate surface area is 97.4 Å². The Balaban J connectivity index is 2.07. The number of hydrogen-bond donors (Lipinski definition) is 2. The summed E-state index contributed by atoms with van der Waals surface area (Å²) in [5.41, 5.74) is 1.06. The zero-order chi connectivity index (χ0) is 12.4. The van der Waals surface area contributed by atoms with Crippen molar-refractivity contribution in [2.24, 2.45) is 5.92 Å². The Morgan fingerprint density at radius 3 is 2.41 bits per heavy atom. The SMILES string of the molecule is O=C1CC(Cc2ccc(C(=O)O)cc2)C(=O)N1. The van der Waals surface area contributed by atoms with Gasteiger partial charge in [0.2, 0.25) is 11.8 Å². The van der Waals surface area contributed by atoms with E-state index in [4.69, 9.17) is 5.11 Å². The van der Waals surface area contributed by atoms with Crippen molar-refractivity contribution in [3.63, 3.8) is 0 Å². The molecule has 5 heteroatoms. The first kappa shape index (κ1) is 11.3. The second-order valence-electron chi connectivity index (χ2n) is 4.02. The van der Waals surface area contributed by atoms with Crippen LogP contribution in [0.4, 0.5) is 0 Å². The number of carboxylic acid groups (broad SMARTS) is 1. The maximum Gasteiger partial charge on any atom is 0.335 e. The van der Waals surface area contributed by atoms with Gasteiger partial charge in [0.15, 0.2) is 0 Å². The molecule has 0 aromatic heterocycles. The van der Waals surface area contributed by atoms with Gasteiger partial charge in [-0.2, -0.15) is 0 Å². The van der Waals surface area contributed by atoms with Crippen molar-refractivity contribution in [3.8, 4) is 0 Å². The molecule has 0 radical (unpaired) electrons. The van der Waals surface area contributed by atoms with Crippen molar-refractivity contribution in [1.82, 2.24) is 5.32 Å². The minimum atomic E-state index is -0.981. The highest BCUT2D eigenvalue weighted by Crippen LogP contribution is 2.17. The molecule has 1 aromatic carbocycles. The molecule has 0 aliphatic carbocycles. The molecule has 1 atom stereocenters. The molecule has 1 unspecified atom stereocenters. The fourth-order valence-corrected chi connectivity index (χ4v) is 1.84. The van der Waals surface area contributed by atoms with Crippen LogP contribution in [0, 0.1) is 5.92 Å². The molecule has 1 aliphatic rings. The second kappa shape index (κ2) is 4.37. The van der Waals surface area contributed by atoms with Gasteiger partial charge in [-0.3, -0.25) is 14.9 Å². The third-order valence-corrected chi connectivity index (χ3v) is 2.75. The van der Waals surface area contributed by atoms with E-state index in [1.54, 1.807) is 12.1 Å². The van der Waals surface area contributed by atoms with Gasteiger partial charge in [-0.15, -0.1) is 0 Å². The van der Waals surface area contributed by atoms with Crippen molar-refractivity contribution >= 4 is 17.8 Å². The van der Waals surface area contributed by atoms with E-state index in [2.05, 4.69) is 5.32 Å². The lowest BCUT2D eigenvalue weighted by Crippen LogP contribution is -2.22. The summed E-state index contributed by atoms with van der Waals surface area (Å²) in [6.45, 7) is 0. The number of amides is 2. The number of carboxylic acids is 1. The molecule has 0 spiro atoms. The molecule has 2 N–H and O–H groups in total. The van der Waals surface area contributed by atoms with Crippen LogP contribution in [0.1, 0.15) is 22.3 Å². The van der Waals surface area contributed by atoms with Crippen LogP contribution in [0.3, 0.4) is 0 Å². The molecule has 1 fully saturated rings. The third kappa shape index (κ3) is 2.50. The molecule has 2 amide bonds. The van der Waals surface area contributed by atoms with Crippen LogP contribution in [-0.2, 0) is 16.0 Å². The summed E-state index contributed by atoms with van der Waals surface area (Å²) < 4.78 is 0. The molecular formula is C12H11NO4. The molecule has 2 rings (SSSR count). The fraction of sp³-hybridized carbons (Fsp3) is 0.250. The van der Waals surface area contributed by atoms with Crippen molar-refractivity contribution < 1.29 is 19.5 Å². The second-order valence-corrected chi connectivity index (χ2v) is 4.02. The highest BCUT2D eigenvalue weighted by molar-refractivity contribution is 6.03. The van der Waals surface area contributed by atoms with Crippen molar-refractivity contribution in [1.29, 1.82) is 0 Å². The number of aromatic carboxylic acids is 1. The summed E-state index contributed by atoms with van der Waals surface area (Å²) in [6, 6.07) is 6.32. The van der Waals surface area contributed by atoms with Gasteiger partial charge in [-0.25, -0.2) is 4.79 Å². The first-order valence-electron chi connectivity index (χ1n) is 5.22. The first-order chi connectivity index (χ1) is 8.06. The van der Waals surface area contributed by atoms with Crippen LogP contribution in [-0.4, -0.2) is 22.9 Å². The first-order valence-corrected chi connectivity index (χ1v) is 5.22. The predicted octanol–water partition coefficient (Wildman–Crippen LogP) is 0.590. The van der Waals surface area contributed by atoms with Gasteiger partial charge >= 0.3 is 5.97 Å². The number of hydrogen-bond acceptors (Lipinski definition) is 3. The Morgan fingerprint density at radius 2 is 1.94 bits per heavy atom. The van der Waals surface area contributed by atoms with E-state index in [1.807, 2.05) is 0 Å². The van der Waals surface area contributed by atoms with Gasteiger partial charge in [-0.1, -0.05) is 12.1 Å². The molecular weight excluding hydrogens is 222 g/mol. The van der Waals surface area contributed by atoms with E-state index in [0.29, 0.717) is 6.42 Å². The average molecular weight is 233 g/mol. The fourth-order valence-electron chi connectivity index (χ4n) is 1.84. The van der Waals surface area contributed by atoms with E-state index >= 15 is 0 Å². The number of imide groups is 1. The Bertz CT molecular complexity index is 478. The Morgan fingerprint density at radius 1 is 1.29 bits per heavy atom. The maximum atomic E-state index is 11.3. The third-order valence-electron chi connectivity index (χ3n) is 2.75. The molecule has 5 nitrogen and oxygen atoms in total. The van der Waals surface area contributed by atoms with Gasteiger partial charge in [0.05, 0.1) is 11.5 Å². The van der Waals surface area contributed by atoms with E-state index in [0.717, 1.165) is 5.56 Å². The lowest BCUT2D eigenvalue weighted by atomic mass is 9.97. The van der Waals surface area contributed by atoms with Crippen molar-refractivity contribution in [3.05, 3.63) is 35.4 Å². The van der Waals surface area contributed by atoms with E-state index in [1.165, 1.54) is 12.1 Å². The average Bonchev–Trinajstić information content (AvgIpc) is 2.58. The summed E-state index contributed by atoms with van der Waals surface area (Å²) in [5, 5.41) is 11.0. The van der Waals surface area contributed by atoms with Crippen molar-refractivity contribution in [2.75, 3.05) is 0 Å². The molecule has 1 heterocycles. The topological polar surface area (TPSA) is 83.5 Å². The van der Waals surface area contributed by atoms with Gasteiger partial charge in [0.1, 0.15) is 0 Å². The van der Waals surface area contributed by atoms with Crippen LogP contribution < -0.4 is 5.32 Å². The summed E-state index contributed by atoms with van der Waals surface area (Å²) >= 11 is 0. The van der Waals surface area contributed by atoms with Gasteiger partial charge in [0, 0.05) is 6.42 Å². The van der Waals surface area contributed by atoms with Gasteiger partial charge in [0.25, 0.3) is 0 Å². The highest BCUT2D eigenvalue weighted by atomic mass is 16.4. The summed E-state index contributed by atoms with van der Waals surface area (Å²) in [6.07, 6.45) is 0.664. The number of rotatable bonds is 3. The lowest BCUT2D eigenvalue weighted by molar-refractivity contribution is -0.125. The molecule has 0 saturated carbocycles. The molecule has 1 aliphatic heterocycles. The van der Waals surface area contributed by atoms with Crippen LogP contribution in [0.25, 0.3) is 0 Å². The van der Waals surface area contributed by atoms with E-state index in [9.17, 15) is 14.4 Å². The van der Waals surface area contributed by atoms with E-state index < -0.39 is 5.97 Å². The Kier molecular flexibility index (Phi) is 2.91. The largest absolute Gasteiger partial charge is 0.478 e. The smallest absolute Gasteiger partial charge is 0.335 e. The van der Waals surface area contributed by atoms with Crippen molar-refractivity contribution in [2.45, 2.75) is 12.8 Å². The summed E-state index contributed by atoms with van der Waals surface area (Å²) in [5.74, 6) is -1.82. The van der Waals surface area contributed by atoms with Gasteiger partial charge < -0.3 is 5.11 Å². The maximum absolute atomic E-state index is 11.3. The number of nitrogens with one attached hydrogen (secondary N) is 1. The molecule has 0 bridgehead atoms. The van der Waals surface area contributed by atoms with E-state index in [-0.39, 0.29) is 29.7 Å². The van der Waals surface area contributed by atoms with Crippen LogP contribution in [0.15, 0.2) is 24.3 Å². The summed E-state index contributed by atoms with van der Waals surface area (Å²) in [4.78, 5) is 33.0. The zero-order valence-electron chi connectivity index (χ0n) is 8.97. The monoisotopic (exact) mass is 233 g/mol.